The third-order valence-corrected chi connectivity index (χ3v) is 1.78. The Kier molecular flexibility index (Phi) is 4.71. The van der Waals surface area contributed by atoms with Crippen LogP contribution >= 0.6 is 12.4 Å². The van der Waals surface area contributed by atoms with Gasteiger partial charge in [-0.15, -0.1) is 12.4 Å². The number of rotatable bonds is 3. The molecule has 0 aromatic heterocycles. The lowest BCUT2D eigenvalue weighted by Gasteiger charge is -2.23. The highest BCUT2D eigenvalue weighted by molar-refractivity contribution is 5.85. The Bertz CT molecular complexity index is 348. The molecule has 0 radical (unpaired) electrons. The molecule has 0 aliphatic carbocycles. The van der Waals surface area contributed by atoms with Gasteiger partial charge in [0, 0.05) is 17.7 Å². The number of non-ortho nitro benzene ring substituents is 1. The third kappa shape index (κ3) is 4.76. The summed E-state index contributed by atoms with van der Waals surface area (Å²) in [5.74, 6) is 0. The zero-order valence-electron chi connectivity index (χ0n) is 9.14. The molecule has 1 rings (SSSR count). The number of hydrogen-bond acceptors (Lipinski definition) is 2. The first-order valence-electron chi connectivity index (χ1n) is 4.42. The number of halogens is 1. The molecule has 0 unspecified atom stereocenters. The predicted molar refractivity (Wildman–Crippen MR) is 62.1 cm³/mol. The SMILES string of the molecule is C[N+](C)(C)Cc1cccc([N+](=O)[O-])c1.Cl. The van der Waals surface area contributed by atoms with E-state index in [1.54, 1.807) is 12.1 Å². The fourth-order valence-electron chi connectivity index (χ4n) is 1.32. The van der Waals surface area contributed by atoms with Crippen LogP contribution in [0, 0.1) is 10.1 Å². The van der Waals surface area contributed by atoms with Gasteiger partial charge in [-0.1, -0.05) is 12.1 Å². The maximum Gasteiger partial charge on any atom is 0.269 e. The van der Waals surface area contributed by atoms with Crippen molar-refractivity contribution < 1.29 is 9.41 Å². The first-order chi connectivity index (χ1) is 6.38. The lowest BCUT2D eigenvalue weighted by molar-refractivity contribution is -0.884. The second kappa shape index (κ2) is 5.09. The monoisotopic (exact) mass is 231 g/mol. The van der Waals surface area contributed by atoms with E-state index in [0.717, 1.165) is 16.6 Å². The molecule has 0 amide bonds. The number of hydrogen-bond donors (Lipinski definition) is 0. The predicted octanol–water partition coefficient (Wildman–Crippen LogP) is 2.22. The van der Waals surface area contributed by atoms with Gasteiger partial charge in [0.1, 0.15) is 6.54 Å². The smallest absolute Gasteiger partial charge is 0.269 e. The number of nitro benzene ring substituents is 1. The topological polar surface area (TPSA) is 43.1 Å². The Hall–Kier alpha value is -1.13. The summed E-state index contributed by atoms with van der Waals surface area (Å²) >= 11 is 0. The minimum absolute atomic E-state index is 0. The van der Waals surface area contributed by atoms with Crippen molar-refractivity contribution in [2.75, 3.05) is 21.1 Å². The minimum Gasteiger partial charge on any atom is -0.327 e. The molecular weight excluding hydrogens is 216 g/mol. The van der Waals surface area contributed by atoms with Crippen LogP contribution in [0.15, 0.2) is 24.3 Å². The molecule has 0 spiro atoms. The Morgan fingerprint density at radius 1 is 1.33 bits per heavy atom. The molecule has 0 aliphatic heterocycles. The summed E-state index contributed by atoms with van der Waals surface area (Å²) in [4.78, 5) is 10.2. The lowest BCUT2D eigenvalue weighted by Crippen LogP contribution is -2.33. The Balaban J connectivity index is 0.00000196. The van der Waals surface area contributed by atoms with E-state index in [1.807, 2.05) is 6.07 Å². The molecule has 5 heteroatoms. The van der Waals surface area contributed by atoms with Gasteiger partial charge in [0.25, 0.3) is 5.69 Å². The molecule has 0 fully saturated rings. The van der Waals surface area contributed by atoms with Crippen LogP contribution in [0.1, 0.15) is 5.56 Å². The van der Waals surface area contributed by atoms with Gasteiger partial charge in [-0.25, -0.2) is 0 Å². The lowest BCUT2D eigenvalue weighted by atomic mass is 10.2. The van der Waals surface area contributed by atoms with Crippen LogP contribution in [0.3, 0.4) is 0 Å². The number of quaternary nitrogens is 1. The van der Waals surface area contributed by atoms with Crippen LogP contribution in [0.25, 0.3) is 0 Å². The van der Waals surface area contributed by atoms with Crippen molar-refractivity contribution in [2.45, 2.75) is 6.54 Å². The van der Waals surface area contributed by atoms with Crippen LogP contribution in [0.2, 0.25) is 0 Å². The summed E-state index contributed by atoms with van der Waals surface area (Å²) in [6.07, 6.45) is 0. The number of nitrogens with zero attached hydrogens (tertiary/aromatic N) is 2. The average molecular weight is 232 g/mol. The Morgan fingerprint density at radius 2 is 1.93 bits per heavy atom. The van der Waals surface area contributed by atoms with Gasteiger partial charge in [0.2, 0.25) is 0 Å². The van der Waals surface area contributed by atoms with Gasteiger partial charge in [-0.05, 0) is 0 Å². The normalized spacial score (nSPS) is 10.6. The first-order valence-corrected chi connectivity index (χ1v) is 4.42. The van der Waals surface area contributed by atoms with E-state index in [4.69, 9.17) is 0 Å². The Labute approximate surface area is 95.7 Å². The summed E-state index contributed by atoms with van der Waals surface area (Å²) in [6, 6.07) is 6.78. The molecule has 4 nitrogen and oxygen atoms in total. The summed E-state index contributed by atoms with van der Waals surface area (Å²) in [6.45, 7) is 0.793. The van der Waals surface area contributed by atoms with E-state index < -0.39 is 0 Å². The summed E-state index contributed by atoms with van der Waals surface area (Å²) in [5.41, 5.74) is 1.16. The van der Waals surface area contributed by atoms with Crippen molar-refractivity contribution in [2.24, 2.45) is 0 Å². The van der Waals surface area contributed by atoms with Crippen LogP contribution in [-0.4, -0.2) is 30.5 Å². The molecule has 0 atom stereocenters. The van der Waals surface area contributed by atoms with Gasteiger partial charge in [0.15, 0.2) is 0 Å². The van der Waals surface area contributed by atoms with E-state index in [-0.39, 0.29) is 23.0 Å². The van der Waals surface area contributed by atoms with Crippen LogP contribution in [-0.2, 0) is 6.54 Å². The fraction of sp³-hybridized carbons (Fsp3) is 0.400. The third-order valence-electron chi connectivity index (χ3n) is 1.78. The van der Waals surface area contributed by atoms with E-state index in [1.165, 1.54) is 6.07 Å². The quantitative estimate of drug-likeness (QED) is 0.455. The zero-order valence-corrected chi connectivity index (χ0v) is 9.95. The van der Waals surface area contributed by atoms with Crippen molar-refractivity contribution in [1.82, 2.24) is 0 Å². The molecular formula is C10H16ClN2O2+. The van der Waals surface area contributed by atoms with E-state index in [9.17, 15) is 10.1 Å². The molecule has 0 saturated heterocycles. The standard InChI is InChI=1S/C10H15N2O2.ClH/c1-12(2,3)8-9-5-4-6-10(7-9)11(13)14;/h4-7H,8H2,1-3H3;1H/q+1;. The van der Waals surface area contributed by atoms with Crippen molar-refractivity contribution in [1.29, 1.82) is 0 Å². The average Bonchev–Trinajstić information content (AvgIpc) is 2.01. The second-order valence-electron chi connectivity index (χ2n) is 4.38. The Morgan fingerprint density at radius 3 is 2.40 bits per heavy atom. The molecule has 0 bridgehead atoms. The summed E-state index contributed by atoms with van der Waals surface area (Å²) < 4.78 is 0.765. The zero-order chi connectivity index (χ0) is 10.8. The maximum absolute atomic E-state index is 10.5. The molecule has 1 aromatic carbocycles. The van der Waals surface area contributed by atoms with Crippen LogP contribution < -0.4 is 0 Å². The first kappa shape index (κ1) is 13.9. The fourth-order valence-corrected chi connectivity index (χ4v) is 1.32. The molecule has 84 valence electrons. The molecule has 0 saturated carbocycles. The van der Waals surface area contributed by atoms with Gasteiger partial charge in [-0.2, -0.15) is 0 Å². The van der Waals surface area contributed by atoms with Crippen molar-refractivity contribution in [3.8, 4) is 0 Å². The molecule has 1 aromatic rings. The van der Waals surface area contributed by atoms with Gasteiger partial charge in [0.05, 0.1) is 26.1 Å². The van der Waals surface area contributed by atoms with Crippen molar-refractivity contribution in [3.63, 3.8) is 0 Å². The molecule has 0 aliphatic rings. The second-order valence-corrected chi connectivity index (χ2v) is 4.38. The van der Waals surface area contributed by atoms with Crippen molar-refractivity contribution in [3.05, 3.63) is 39.9 Å². The van der Waals surface area contributed by atoms with Gasteiger partial charge < -0.3 is 4.48 Å². The van der Waals surface area contributed by atoms with E-state index in [0.29, 0.717) is 0 Å². The molecule has 0 N–H and O–H groups in total. The van der Waals surface area contributed by atoms with E-state index >= 15 is 0 Å². The van der Waals surface area contributed by atoms with Gasteiger partial charge >= 0.3 is 0 Å². The summed E-state index contributed by atoms with van der Waals surface area (Å²) in [5, 5.41) is 10.5. The van der Waals surface area contributed by atoms with Crippen LogP contribution in [0.5, 0.6) is 0 Å². The summed E-state index contributed by atoms with van der Waals surface area (Å²) in [7, 11) is 6.16. The highest BCUT2D eigenvalue weighted by atomic mass is 35.5. The maximum atomic E-state index is 10.5. The molecule has 0 heterocycles. The van der Waals surface area contributed by atoms with Crippen molar-refractivity contribution >= 4 is 18.1 Å². The van der Waals surface area contributed by atoms with E-state index in [2.05, 4.69) is 21.1 Å². The van der Waals surface area contributed by atoms with Crippen LogP contribution in [0.4, 0.5) is 5.69 Å². The van der Waals surface area contributed by atoms with Gasteiger partial charge in [-0.3, -0.25) is 10.1 Å². The highest BCUT2D eigenvalue weighted by Gasteiger charge is 2.11. The highest BCUT2D eigenvalue weighted by Crippen LogP contribution is 2.15. The molecule has 15 heavy (non-hydrogen) atoms. The number of nitro groups is 1. The minimum atomic E-state index is -0.362. The largest absolute Gasteiger partial charge is 0.327 e. The number of benzene rings is 1.